The molecule has 1 fully saturated rings. The van der Waals surface area contributed by atoms with Crippen LogP contribution in [0.2, 0.25) is 0 Å². The van der Waals surface area contributed by atoms with Crippen molar-refractivity contribution in [1.29, 1.82) is 0 Å². The number of halogens is 1. The van der Waals surface area contributed by atoms with E-state index in [1.807, 2.05) is 12.1 Å². The first kappa shape index (κ1) is 20.0. The Balaban J connectivity index is 0.00000264. The number of hydrogen-bond acceptors (Lipinski definition) is 3. The van der Waals surface area contributed by atoms with Crippen molar-refractivity contribution in [2.24, 2.45) is 10.4 Å². The van der Waals surface area contributed by atoms with Gasteiger partial charge in [0.1, 0.15) is 5.75 Å². The summed E-state index contributed by atoms with van der Waals surface area (Å²) < 4.78 is 5.16. The zero-order valence-electron chi connectivity index (χ0n) is 14.0. The second kappa shape index (κ2) is 9.97. The maximum absolute atomic E-state index is 9.35. The van der Waals surface area contributed by atoms with Crippen LogP contribution in [0.5, 0.6) is 5.75 Å². The normalized spacial score (nSPS) is 15.5. The molecular weight excluding hydrogens is 405 g/mol. The van der Waals surface area contributed by atoms with Crippen molar-refractivity contribution in [3.8, 4) is 5.75 Å². The van der Waals surface area contributed by atoms with Crippen LogP contribution in [0.1, 0.15) is 25.3 Å². The summed E-state index contributed by atoms with van der Waals surface area (Å²) in [5.74, 6) is 1.71. The number of aliphatic hydroxyl groups is 1. The number of methoxy groups -OCH3 is 1. The van der Waals surface area contributed by atoms with Crippen molar-refractivity contribution >= 4 is 29.9 Å². The Morgan fingerprint density at radius 2 is 1.96 bits per heavy atom. The van der Waals surface area contributed by atoms with Crippen molar-refractivity contribution in [3.05, 3.63) is 29.8 Å². The summed E-state index contributed by atoms with van der Waals surface area (Å²) in [7, 11) is 1.68. The molecule has 3 N–H and O–H groups in total. The van der Waals surface area contributed by atoms with Gasteiger partial charge in [-0.1, -0.05) is 12.1 Å². The molecular formula is C17H28IN3O2. The summed E-state index contributed by atoms with van der Waals surface area (Å²) >= 11 is 0. The molecule has 0 saturated heterocycles. The van der Waals surface area contributed by atoms with Gasteiger partial charge in [0.15, 0.2) is 5.96 Å². The molecule has 5 nitrogen and oxygen atoms in total. The van der Waals surface area contributed by atoms with Crippen molar-refractivity contribution in [2.45, 2.75) is 26.2 Å². The average molecular weight is 433 g/mol. The second-order valence-electron chi connectivity index (χ2n) is 5.88. The van der Waals surface area contributed by atoms with Crippen LogP contribution in [0.4, 0.5) is 0 Å². The van der Waals surface area contributed by atoms with Crippen LogP contribution in [0.25, 0.3) is 0 Å². The quantitative estimate of drug-likeness (QED) is 0.334. The van der Waals surface area contributed by atoms with E-state index < -0.39 is 0 Å². The minimum atomic E-state index is 0. The maximum atomic E-state index is 9.35. The summed E-state index contributed by atoms with van der Waals surface area (Å²) in [6.45, 7) is 4.65. The number of aliphatic hydroxyl groups excluding tert-OH is 1. The van der Waals surface area contributed by atoms with Crippen LogP contribution in [0, 0.1) is 5.41 Å². The summed E-state index contributed by atoms with van der Waals surface area (Å²) in [6, 6.07) is 8.12. The van der Waals surface area contributed by atoms with Gasteiger partial charge in [-0.3, -0.25) is 4.99 Å². The van der Waals surface area contributed by atoms with Crippen molar-refractivity contribution in [2.75, 3.05) is 33.4 Å². The highest BCUT2D eigenvalue weighted by Gasteiger charge is 2.41. The minimum Gasteiger partial charge on any atom is -0.497 e. The minimum absolute atomic E-state index is 0. The maximum Gasteiger partial charge on any atom is 0.191 e. The van der Waals surface area contributed by atoms with E-state index >= 15 is 0 Å². The van der Waals surface area contributed by atoms with Gasteiger partial charge in [0.2, 0.25) is 0 Å². The molecule has 1 aliphatic carbocycles. The fourth-order valence-corrected chi connectivity index (χ4v) is 2.25. The van der Waals surface area contributed by atoms with E-state index in [2.05, 4.69) is 34.7 Å². The third-order valence-corrected chi connectivity index (χ3v) is 4.07. The molecule has 1 aromatic rings. The monoisotopic (exact) mass is 433 g/mol. The highest BCUT2D eigenvalue weighted by molar-refractivity contribution is 14.0. The van der Waals surface area contributed by atoms with E-state index in [4.69, 9.17) is 4.74 Å². The second-order valence-corrected chi connectivity index (χ2v) is 5.88. The summed E-state index contributed by atoms with van der Waals surface area (Å²) in [4.78, 5) is 4.59. The molecule has 0 bridgehead atoms. The van der Waals surface area contributed by atoms with Gasteiger partial charge in [0, 0.05) is 18.5 Å². The van der Waals surface area contributed by atoms with E-state index in [1.54, 1.807) is 7.11 Å². The molecule has 0 aromatic heterocycles. The van der Waals surface area contributed by atoms with Crippen LogP contribution in [-0.4, -0.2) is 44.4 Å². The van der Waals surface area contributed by atoms with Crippen LogP contribution in [0.3, 0.4) is 0 Å². The van der Waals surface area contributed by atoms with Gasteiger partial charge in [0.25, 0.3) is 0 Å². The van der Waals surface area contributed by atoms with Gasteiger partial charge >= 0.3 is 0 Å². The highest BCUT2D eigenvalue weighted by Crippen LogP contribution is 2.45. The number of ether oxygens (including phenoxy) is 1. The predicted octanol–water partition coefficient (Wildman–Crippen LogP) is 2.18. The highest BCUT2D eigenvalue weighted by atomic mass is 127. The first-order valence-electron chi connectivity index (χ1n) is 7.97. The number of hydrogen-bond donors (Lipinski definition) is 3. The molecule has 1 aliphatic rings. The van der Waals surface area contributed by atoms with Crippen LogP contribution in [0.15, 0.2) is 29.3 Å². The van der Waals surface area contributed by atoms with Crippen LogP contribution >= 0.6 is 24.0 Å². The molecule has 0 spiro atoms. The van der Waals surface area contributed by atoms with Crippen LogP contribution < -0.4 is 15.4 Å². The lowest BCUT2D eigenvalue weighted by molar-refractivity contribution is 0.217. The molecule has 0 aliphatic heterocycles. The smallest absolute Gasteiger partial charge is 0.191 e. The number of nitrogens with zero attached hydrogens (tertiary/aromatic N) is 1. The van der Waals surface area contributed by atoms with Crippen LogP contribution in [-0.2, 0) is 6.42 Å². The number of rotatable bonds is 8. The zero-order valence-corrected chi connectivity index (χ0v) is 16.3. The van der Waals surface area contributed by atoms with E-state index in [-0.39, 0.29) is 36.0 Å². The van der Waals surface area contributed by atoms with E-state index in [1.165, 1.54) is 5.56 Å². The van der Waals surface area contributed by atoms with E-state index in [9.17, 15) is 5.11 Å². The molecule has 1 aromatic carbocycles. The molecule has 130 valence electrons. The van der Waals surface area contributed by atoms with Crippen molar-refractivity contribution in [1.82, 2.24) is 10.6 Å². The first-order chi connectivity index (χ1) is 10.7. The zero-order chi connectivity index (χ0) is 15.8. The summed E-state index contributed by atoms with van der Waals surface area (Å²) in [5, 5.41) is 15.9. The molecule has 0 atom stereocenters. The molecule has 6 heteroatoms. The van der Waals surface area contributed by atoms with Gasteiger partial charge in [-0.15, -0.1) is 24.0 Å². The van der Waals surface area contributed by atoms with E-state index in [0.29, 0.717) is 6.54 Å². The van der Waals surface area contributed by atoms with E-state index in [0.717, 1.165) is 44.1 Å². The largest absolute Gasteiger partial charge is 0.497 e. The molecule has 0 heterocycles. The van der Waals surface area contributed by atoms with Gasteiger partial charge in [-0.05, 0) is 43.9 Å². The van der Waals surface area contributed by atoms with Gasteiger partial charge in [-0.25, -0.2) is 0 Å². The Labute approximate surface area is 155 Å². The van der Waals surface area contributed by atoms with Gasteiger partial charge in [-0.2, -0.15) is 0 Å². The summed E-state index contributed by atoms with van der Waals surface area (Å²) in [5.41, 5.74) is 1.32. The van der Waals surface area contributed by atoms with Crippen molar-refractivity contribution < 1.29 is 9.84 Å². The number of aliphatic imine (C=N–C) groups is 1. The van der Waals surface area contributed by atoms with Gasteiger partial charge < -0.3 is 20.5 Å². The lowest BCUT2D eigenvalue weighted by atomic mass is 10.1. The molecule has 1 saturated carbocycles. The molecule has 0 unspecified atom stereocenters. The molecule has 0 amide bonds. The fraction of sp³-hybridized carbons (Fsp3) is 0.588. The first-order valence-corrected chi connectivity index (χ1v) is 7.97. The lowest BCUT2D eigenvalue weighted by Crippen LogP contribution is -2.38. The summed E-state index contributed by atoms with van der Waals surface area (Å²) in [6.07, 6.45) is 3.09. The van der Waals surface area contributed by atoms with Crippen molar-refractivity contribution in [3.63, 3.8) is 0 Å². The lowest BCUT2D eigenvalue weighted by Gasteiger charge is -2.13. The predicted molar refractivity (Wildman–Crippen MR) is 105 cm³/mol. The Kier molecular flexibility index (Phi) is 8.68. The molecule has 0 radical (unpaired) electrons. The third kappa shape index (κ3) is 6.55. The molecule has 2 rings (SSSR count). The van der Waals surface area contributed by atoms with Gasteiger partial charge in [0.05, 0.1) is 20.3 Å². The topological polar surface area (TPSA) is 65.9 Å². The Bertz CT molecular complexity index is 487. The Morgan fingerprint density at radius 1 is 1.26 bits per heavy atom. The Hall–Kier alpha value is -1.02. The number of benzene rings is 1. The third-order valence-electron chi connectivity index (χ3n) is 4.07. The average Bonchev–Trinajstić information content (AvgIpc) is 3.34. The molecule has 23 heavy (non-hydrogen) atoms. The number of guanidine groups is 1. The SMILES string of the molecule is CCNC(=NCC1(CO)CC1)NCCc1ccc(OC)cc1.I. The fourth-order valence-electron chi connectivity index (χ4n) is 2.25. The number of nitrogens with one attached hydrogen (secondary N) is 2. The standard InChI is InChI=1S/C17H27N3O2.HI/c1-3-18-16(20-12-17(13-21)9-10-17)19-11-8-14-4-6-15(22-2)7-5-14;/h4-7,21H,3,8-13H2,1-2H3,(H2,18,19,20);1H. The Morgan fingerprint density at radius 3 is 2.48 bits per heavy atom.